The molecule has 0 aromatic carbocycles. The van der Waals surface area contributed by atoms with Gasteiger partial charge in [-0.25, -0.2) is 4.98 Å². The molecule has 0 saturated heterocycles. The number of carbonyl (C=O) groups is 1. The Balaban J connectivity index is 2.22. The largest absolute Gasteiger partial charge is 0.356 e. The lowest BCUT2D eigenvalue weighted by Crippen LogP contribution is -2.25. The first-order valence-corrected chi connectivity index (χ1v) is 6.34. The number of nitrogens with one attached hydrogen (secondary N) is 1. The predicted molar refractivity (Wildman–Crippen MR) is 66.6 cm³/mol. The molecule has 0 spiro atoms. The third-order valence-electron chi connectivity index (χ3n) is 2.34. The molecular weight excluding hydrogens is 222 g/mol. The Hall–Kier alpha value is -0.940. The first kappa shape index (κ1) is 13.1. The molecule has 0 saturated carbocycles. The van der Waals surface area contributed by atoms with Crippen molar-refractivity contribution < 1.29 is 4.79 Å². The Kier molecular flexibility index (Phi) is 5.42. The number of hydrogen-bond donors (Lipinski definition) is 2. The van der Waals surface area contributed by atoms with E-state index in [-0.39, 0.29) is 5.91 Å². The second kappa shape index (κ2) is 6.60. The quantitative estimate of drug-likeness (QED) is 0.785. The van der Waals surface area contributed by atoms with E-state index in [0.717, 1.165) is 23.5 Å². The van der Waals surface area contributed by atoms with Crippen molar-refractivity contribution in [2.75, 3.05) is 13.1 Å². The number of nitrogens with two attached hydrogens (primary N) is 1. The van der Waals surface area contributed by atoms with E-state index in [1.165, 1.54) is 4.88 Å². The highest BCUT2D eigenvalue weighted by Crippen LogP contribution is 2.16. The summed E-state index contributed by atoms with van der Waals surface area (Å²) in [5, 5.41) is 3.96. The Morgan fingerprint density at radius 1 is 1.50 bits per heavy atom. The summed E-state index contributed by atoms with van der Waals surface area (Å²) in [4.78, 5) is 17.0. The van der Waals surface area contributed by atoms with Gasteiger partial charge in [-0.1, -0.05) is 0 Å². The van der Waals surface area contributed by atoms with E-state index in [1.807, 2.05) is 6.92 Å². The van der Waals surface area contributed by atoms with Crippen molar-refractivity contribution in [1.82, 2.24) is 10.3 Å². The molecule has 0 atom stereocenters. The number of thiazole rings is 1. The Morgan fingerprint density at radius 2 is 2.25 bits per heavy atom. The fourth-order valence-corrected chi connectivity index (χ4v) is 2.24. The van der Waals surface area contributed by atoms with Gasteiger partial charge >= 0.3 is 0 Å². The molecule has 0 bridgehead atoms. The molecule has 3 N–H and O–H groups in total. The summed E-state index contributed by atoms with van der Waals surface area (Å²) in [6, 6.07) is 0. The summed E-state index contributed by atoms with van der Waals surface area (Å²) >= 11 is 1.70. The van der Waals surface area contributed by atoms with Gasteiger partial charge in [-0.05, 0) is 26.8 Å². The maximum atomic E-state index is 11.3. The fraction of sp³-hybridized carbons (Fsp3) is 0.636. The maximum Gasteiger partial charge on any atom is 0.220 e. The zero-order valence-corrected chi connectivity index (χ0v) is 10.7. The Morgan fingerprint density at radius 3 is 2.81 bits per heavy atom. The van der Waals surface area contributed by atoms with Crippen molar-refractivity contribution in [2.45, 2.75) is 33.1 Å². The minimum Gasteiger partial charge on any atom is -0.356 e. The third kappa shape index (κ3) is 4.28. The lowest BCUT2D eigenvalue weighted by Gasteiger charge is -2.02. The number of rotatable bonds is 6. The van der Waals surface area contributed by atoms with E-state index < -0.39 is 0 Å². The molecule has 1 aromatic heterocycles. The number of aromatic nitrogens is 1. The number of amides is 1. The van der Waals surface area contributed by atoms with E-state index in [9.17, 15) is 4.79 Å². The number of nitrogens with zero attached hydrogens (tertiary/aromatic N) is 1. The molecule has 1 heterocycles. The molecule has 5 heteroatoms. The van der Waals surface area contributed by atoms with Crippen LogP contribution in [0.15, 0.2) is 0 Å². The van der Waals surface area contributed by atoms with Gasteiger partial charge in [-0.2, -0.15) is 0 Å². The summed E-state index contributed by atoms with van der Waals surface area (Å²) in [6.07, 6.45) is 2.08. The van der Waals surface area contributed by atoms with Crippen molar-refractivity contribution in [3.8, 4) is 0 Å². The van der Waals surface area contributed by atoms with Gasteiger partial charge < -0.3 is 11.1 Å². The van der Waals surface area contributed by atoms with Crippen LogP contribution in [0.25, 0.3) is 0 Å². The predicted octanol–water partition coefficient (Wildman–Crippen LogP) is 1.16. The highest BCUT2D eigenvalue weighted by molar-refractivity contribution is 7.11. The smallest absolute Gasteiger partial charge is 0.220 e. The summed E-state index contributed by atoms with van der Waals surface area (Å²) in [6.45, 7) is 5.31. The monoisotopic (exact) mass is 241 g/mol. The van der Waals surface area contributed by atoms with Crippen LogP contribution in [-0.4, -0.2) is 24.0 Å². The van der Waals surface area contributed by atoms with Gasteiger partial charge in [0.15, 0.2) is 0 Å². The molecule has 0 radical (unpaired) electrons. The van der Waals surface area contributed by atoms with E-state index >= 15 is 0 Å². The lowest BCUT2D eigenvalue weighted by atomic mass is 10.3. The van der Waals surface area contributed by atoms with Crippen LogP contribution in [0.1, 0.15) is 28.4 Å². The average molecular weight is 241 g/mol. The van der Waals surface area contributed by atoms with Gasteiger partial charge in [-0.3, -0.25) is 4.79 Å². The van der Waals surface area contributed by atoms with E-state index in [0.29, 0.717) is 19.5 Å². The van der Waals surface area contributed by atoms with Crippen LogP contribution in [0.4, 0.5) is 0 Å². The molecule has 0 aliphatic carbocycles. The van der Waals surface area contributed by atoms with Crippen LogP contribution in [-0.2, 0) is 11.2 Å². The third-order valence-corrected chi connectivity index (χ3v) is 3.47. The number of carbonyl (C=O) groups excluding carboxylic acids is 1. The zero-order chi connectivity index (χ0) is 12.0. The van der Waals surface area contributed by atoms with E-state index in [1.54, 1.807) is 11.3 Å². The Bertz CT molecular complexity index is 329. The van der Waals surface area contributed by atoms with Crippen LogP contribution < -0.4 is 11.1 Å². The van der Waals surface area contributed by atoms with Gasteiger partial charge in [0.1, 0.15) is 0 Å². The molecule has 0 unspecified atom stereocenters. The molecule has 1 amide bonds. The van der Waals surface area contributed by atoms with Gasteiger partial charge in [0.05, 0.1) is 10.7 Å². The van der Waals surface area contributed by atoms with E-state index in [4.69, 9.17) is 5.73 Å². The van der Waals surface area contributed by atoms with Crippen molar-refractivity contribution in [3.63, 3.8) is 0 Å². The van der Waals surface area contributed by atoms with Gasteiger partial charge in [0, 0.05) is 24.3 Å². The van der Waals surface area contributed by atoms with Crippen LogP contribution in [0, 0.1) is 13.8 Å². The normalized spacial score (nSPS) is 10.4. The molecule has 16 heavy (non-hydrogen) atoms. The molecule has 0 aliphatic heterocycles. The molecule has 90 valence electrons. The highest BCUT2D eigenvalue weighted by Gasteiger charge is 2.04. The number of hydrogen-bond acceptors (Lipinski definition) is 4. The highest BCUT2D eigenvalue weighted by atomic mass is 32.1. The molecule has 4 nitrogen and oxygen atoms in total. The topological polar surface area (TPSA) is 68.0 Å². The molecule has 1 rings (SSSR count). The summed E-state index contributed by atoms with van der Waals surface area (Å²) < 4.78 is 0. The van der Waals surface area contributed by atoms with Crippen LogP contribution in [0.3, 0.4) is 0 Å². The first-order chi connectivity index (χ1) is 7.63. The number of aryl methyl sites for hydroxylation is 2. The second-order valence-corrected chi connectivity index (χ2v) is 5.03. The second-order valence-electron chi connectivity index (χ2n) is 3.74. The fourth-order valence-electron chi connectivity index (χ4n) is 1.31. The molecule has 1 aromatic rings. The summed E-state index contributed by atoms with van der Waals surface area (Å²) in [5.41, 5.74) is 6.42. The van der Waals surface area contributed by atoms with Crippen LogP contribution in [0.5, 0.6) is 0 Å². The first-order valence-electron chi connectivity index (χ1n) is 5.53. The summed E-state index contributed by atoms with van der Waals surface area (Å²) in [7, 11) is 0. The minimum absolute atomic E-state index is 0.0791. The Labute approximate surface area is 100 Å². The molecular formula is C11H19N3OS. The van der Waals surface area contributed by atoms with Gasteiger partial charge in [0.2, 0.25) is 5.91 Å². The van der Waals surface area contributed by atoms with Gasteiger partial charge in [0.25, 0.3) is 0 Å². The van der Waals surface area contributed by atoms with Crippen molar-refractivity contribution >= 4 is 17.2 Å². The minimum atomic E-state index is 0.0791. The zero-order valence-electron chi connectivity index (χ0n) is 9.88. The maximum absolute atomic E-state index is 11.3. The molecule has 0 aliphatic rings. The average Bonchev–Trinajstić information content (AvgIpc) is 2.55. The van der Waals surface area contributed by atoms with Crippen molar-refractivity contribution in [3.05, 3.63) is 15.6 Å². The standard InChI is InChI=1S/C11H19N3OS/c1-8-9(2)16-11(14-8)5-7-13-10(15)4-3-6-12/h3-7,12H2,1-2H3,(H,13,15). The lowest BCUT2D eigenvalue weighted by molar-refractivity contribution is -0.121. The SMILES string of the molecule is Cc1nc(CCNC(=O)CCCN)sc1C. The molecule has 0 fully saturated rings. The van der Waals surface area contributed by atoms with Gasteiger partial charge in [-0.15, -0.1) is 11.3 Å². The van der Waals surface area contributed by atoms with Crippen LogP contribution >= 0.6 is 11.3 Å². The summed E-state index contributed by atoms with van der Waals surface area (Å²) in [5.74, 6) is 0.0791. The van der Waals surface area contributed by atoms with Crippen molar-refractivity contribution in [1.29, 1.82) is 0 Å². The van der Waals surface area contributed by atoms with E-state index in [2.05, 4.69) is 17.2 Å². The van der Waals surface area contributed by atoms with Crippen molar-refractivity contribution in [2.24, 2.45) is 5.73 Å². The van der Waals surface area contributed by atoms with Crippen LogP contribution in [0.2, 0.25) is 0 Å².